The summed E-state index contributed by atoms with van der Waals surface area (Å²) in [5, 5.41) is 7.77. The summed E-state index contributed by atoms with van der Waals surface area (Å²) in [6, 6.07) is 1.90. The van der Waals surface area contributed by atoms with Crippen LogP contribution in [0.15, 0.2) is 10.6 Å². The summed E-state index contributed by atoms with van der Waals surface area (Å²) in [6.45, 7) is 12.3. The average Bonchev–Trinajstić information content (AvgIpc) is 3.27. The summed E-state index contributed by atoms with van der Waals surface area (Å²) in [7, 11) is 0. The van der Waals surface area contributed by atoms with Crippen molar-refractivity contribution in [2.45, 2.75) is 46.6 Å². The predicted octanol–water partition coefficient (Wildman–Crippen LogP) is 3.81. The lowest BCUT2D eigenvalue weighted by molar-refractivity contribution is 0.0953. The van der Waals surface area contributed by atoms with E-state index >= 15 is 0 Å². The van der Waals surface area contributed by atoms with Crippen LogP contribution in [0.3, 0.4) is 0 Å². The topological polar surface area (TPSA) is 84.2 Å². The highest BCUT2D eigenvalue weighted by Gasteiger charge is 2.22. The van der Waals surface area contributed by atoms with Crippen LogP contribution in [0.25, 0.3) is 9.53 Å². The van der Waals surface area contributed by atoms with E-state index in [0.29, 0.717) is 16.6 Å². The molecule has 0 aliphatic rings. The second kappa shape index (κ2) is 7.32. The third kappa shape index (κ3) is 3.88. The van der Waals surface area contributed by atoms with E-state index in [4.69, 9.17) is 4.52 Å². The molecule has 9 heteroatoms. The van der Waals surface area contributed by atoms with Crippen LogP contribution in [0.5, 0.6) is 0 Å². The Labute approximate surface area is 160 Å². The summed E-state index contributed by atoms with van der Waals surface area (Å²) in [4.78, 5) is 25.1. The zero-order chi connectivity index (χ0) is 18.9. The zero-order valence-corrected chi connectivity index (χ0v) is 17.3. The highest BCUT2D eigenvalue weighted by Crippen LogP contribution is 2.34. The minimum atomic E-state index is -0.207. The Balaban J connectivity index is 1.66. The highest BCUT2D eigenvalue weighted by molar-refractivity contribution is 7.29. The van der Waals surface area contributed by atoms with Gasteiger partial charge in [-0.05, 0) is 19.9 Å². The smallest absolute Gasteiger partial charge is 0.261 e. The zero-order valence-electron chi connectivity index (χ0n) is 15.6. The highest BCUT2D eigenvalue weighted by atomic mass is 32.1. The van der Waals surface area contributed by atoms with Gasteiger partial charge in [-0.25, -0.2) is 4.98 Å². The minimum absolute atomic E-state index is 0.147. The van der Waals surface area contributed by atoms with Crippen molar-refractivity contribution in [3.8, 4) is 0 Å². The number of rotatable bonds is 6. The molecular weight excluding hydrogens is 370 g/mol. The van der Waals surface area contributed by atoms with Crippen LogP contribution in [-0.2, 0) is 12.0 Å². The van der Waals surface area contributed by atoms with E-state index in [1.54, 1.807) is 11.3 Å². The lowest BCUT2D eigenvalue weighted by atomic mass is 9.97. The average molecular weight is 394 g/mol. The molecule has 1 N–H and O–H groups in total. The number of thiazole rings is 1. The number of amides is 1. The molecular formula is C17H23N5O2S2. The van der Waals surface area contributed by atoms with E-state index in [1.165, 1.54) is 11.3 Å². The van der Waals surface area contributed by atoms with Crippen LogP contribution >= 0.6 is 22.7 Å². The molecule has 0 bridgehead atoms. The SMILES string of the molecule is CCN(CC)c1nc2sc(C(=O)NCc3noc(C(C)(C)C)n3)cc2s1. The van der Waals surface area contributed by atoms with Crippen molar-refractivity contribution in [3.05, 3.63) is 22.7 Å². The molecule has 0 aliphatic carbocycles. The first-order chi connectivity index (χ1) is 12.3. The summed E-state index contributed by atoms with van der Waals surface area (Å²) in [5.74, 6) is 0.891. The Morgan fingerprint density at radius 1 is 1.23 bits per heavy atom. The molecule has 0 fully saturated rings. The number of aromatic nitrogens is 3. The molecule has 0 spiro atoms. The van der Waals surface area contributed by atoms with Gasteiger partial charge in [-0.1, -0.05) is 37.3 Å². The fourth-order valence-electron chi connectivity index (χ4n) is 2.34. The van der Waals surface area contributed by atoms with Gasteiger partial charge in [0, 0.05) is 18.5 Å². The molecule has 1 amide bonds. The van der Waals surface area contributed by atoms with Gasteiger partial charge in [-0.15, -0.1) is 11.3 Å². The van der Waals surface area contributed by atoms with E-state index in [0.717, 1.165) is 27.8 Å². The molecule has 26 heavy (non-hydrogen) atoms. The molecule has 0 atom stereocenters. The largest absolute Gasteiger partial charge is 0.349 e. The molecule has 3 aromatic rings. The number of anilines is 1. The lowest BCUT2D eigenvalue weighted by Crippen LogP contribution is -2.22. The third-order valence-corrected chi connectivity index (χ3v) is 6.07. The maximum Gasteiger partial charge on any atom is 0.261 e. The predicted molar refractivity (Wildman–Crippen MR) is 105 cm³/mol. The quantitative estimate of drug-likeness (QED) is 0.685. The normalized spacial score (nSPS) is 11.9. The number of carbonyl (C=O) groups excluding carboxylic acids is 1. The second-order valence-corrected chi connectivity index (χ2v) is 8.94. The molecule has 0 aliphatic heterocycles. The number of hydrogen-bond acceptors (Lipinski definition) is 8. The van der Waals surface area contributed by atoms with Gasteiger partial charge in [0.05, 0.1) is 16.1 Å². The first-order valence-corrected chi connectivity index (χ1v) is 10.2. The van der Waals surface area contributed by atoms with Crippen LogP contribution < -0.4 is 10.2 Å². The van der Waals surface area contributed by atoms with Gasteiger partial charge in [0.25, 0.3) is 5.91 Å². The van der Waals surface area contributed by atoms with Crippen molar-refractivity contribution in [1.29, 1.82) is 0 Å². The Morgan fingerprint density at radius 2 is 1.96 bits per heavy atom. The molecule has 0 saturated carbocycles. The van der Waals surface area contributed by atoms with E-state index < -0.39 is 0 Å². The molecule has 140 valence electrons. The number of nitrogens with one attached hydrogen (secondary N) is 1. The van der Waals surface area contributed by atoms with E-state index in [-0.39, 0.29) is 17.9 Å². The first kappa shape index (κ1) is 18.8. The first-order valence-electron chi connectivity index (χ1n) is 8.58. The summed E-state index contributed by atoms with van der Waals surface area (Å²) >= 11 is 3.02. The maximum absolute atomic E-state index is 12.4. The van der Waals surface area contributed by atoms with Crippen LogP contribution in [0.1, 0.15) is 56.0 Å². The van der Waals surface area contributed by atoms with Gasteiger partial charge in [-0.2, -0.15) is 4.98 Å². The maximum atomic E-state index is 12.4. The number of thiophene rings is 1. The second-order valence-electron chi connectivity index (χ2n) is 6.90. The monoisotopic (exact) mass is 393 g/mol. The minimum Gasteiger partial charge on any atom is -0.349 e. The van der Waals surface area contributed by atoms with Crippen molar-refractivity contribution in [3.63, 3.8) is 0 Å². The van der Waals surface area contributed by atoms with Gasteiger partial charge in [-0.3, -0.25) is 4.79 Å². The summed E-state index contributed by atoms with van der Waals surface area (Å²) < 4.78 is 6.28. The van der Waals surface area contributed by atoms with E-state index in [1.807, 2.05) is 26.8 Å². The Kier molecular flexibility index (Phi) is 5.29. The number of carbonyl (C=O) groups is 1. The van der Waals surface area contributed by atoms with Crippen molar-refractivity contribution in [2.75, 3.05) is 18.0 Å². The summed E-state index contributed by atoms with van der Waals surface area (Å²) in [5.41, 5.74) is -0.207. The number of nitrogens with zero attached hydrogens (tertiary/aromatic N) is 4. The van der Waals surface area contributed by atoms with Crippen LogP contribution in [0, 0.1) is 0 Å². The standard InChI is InChI=1S/C17H23N5O2S2/c1-6-22(7-2)16-20-14-11(26-16)8-10(25-14)13(23)18-9-12-19-15(24-21-12)17(3,4)5/h8H,6-7,9H2,1-5H3,(H,18,23). The van der Waals surface area contributed by atoms with Crippen LogP contribution in [0.4, 0.5) is 5.13 Å². The summed E-state index contributed by atoms with van der Waals surface area (Å²) in [6.07, 6.45) is 0. The molecule has 3 heterocycles. The van der Waals surface area contributed by atoms with Gasteiger partial charge < -0.3 is 14.7 Å². The number of hydrogen-bond donors (Lipinski definition) is 1. The molecule has 0 aromatic carbocycles. The third-order valence-electron chi connectivity index (χ3n) is 3.85. The molecule has 3 rings (SSSR count). The fraction of sp³-hybridized carbons (Fsp3) is 0.529. The van der Waals surface area contributed by atoms with Crippen LogP contribution in [0.2, 0.25) is 0 Å². The van der Waals surface area contributed by atoms with Crippen LogP contribution in [-0.4, -0.2) is 34.1 Å². The molecule has 7 nitrogen and oxygen atoms in total. The van der Waals surface area contributed by atoms with E-state index in [2.05, 4.69) is 39.2 Å². The van der Waals surface area contributed by atoms with Gasteiger partial charge in [0.1, 0.15) is 4.83 Å². The lowest BCUT2D eigenvalue weighted by Gasteiger charge is -2.16. The van der Waals surface area contributed by atoms with Crippen molar-refractivity contribution in [2.24, 2.45) is 0 Å². The molecule has 0 unspecified atom stereocenters. The molecule has 3 aromatic heterocycles. The van der Waals surface area contributed by atoms with Gasteiger partial charge >= 0.3 is 0 Å². The molecule has 0 saturated heterocycles. The van der Waals surface area contributed by atoms with E-state index in [9.17, 15) is 4.79 Å². The fourth-order valence-corrected chi connectivity index (χ4v) is 4.60. The Bertz CT molecular complexity index is 870. The molecule has 0 radical (unpaired) electrons. The number of fused-ring (bicyclic) bond motifs is 1. The van der Waals surface area contributed by atoms with Crippen molar-refractivity contribution < 1.29 is 9.32 Å². The Morgan fingerprint density at radius 3 is 2.54 bits per heavy atom. The van der Waals surface area contributed by atoms with Gasteiger partial charge in [0.2, 0.25) is 5.89 Å². The Hall–Kier alpha value is -2.00. The van der Waals surface area contributed by atoms with Gasteiger partial charge in [0.15, 0.2) is 11.0 Å². The van der Waals surface area contributed by atoms with Crippen molar-refractivity contribution in [1.82, 2.24) is 20.4 Å². The van der Waals surface area contributed by atoms with Crippen molar-refractivity contribution >= 4 is 43.2 Å².